The summed E-state index contributed by atoms with van der Waals surface area (Å²) in [4.78, 5) is 11.0. The monoisotopic (exact) mass is 375 g/mol. The molecule has 2 aromatic carbocycles. The Morgan fingerprint density at radius 2 is 1.92 bits per heavy atom. The Morgan fingerprint density at radius 1 is 1.19 bits per heavy atom. The fourth-order valence-corrected chi connectivity index (χ4v) is 4.69. The van der Waals surface area contributed by atoms with Crippen LogP contribution in [0.2, 0.25) is 0 Å². The van der Waals surface area contributed by atoms with E-state index >= 15 is 0 Å². The van der Waals surface area contributed by atoms with Crippen molar-refractivity contribution in [2.24, 2.45) is 0 Å². The third kappa shape index (κ3) is 3.84. The largest absolute Gasteiger partial charge is 0.481 e. The van der Waals surface area contributed by atoms with Gasteiger partial charge >= 0.3 is 5.97 Å². The van der Waals surface area contributed by atoms with Crippen LogP contribution in [0, 0.1) is 5.82 Å². The number of nitrogens with one attached hydrogen (secondary N) is 1. The molecule has 2 N–H and O–H groups in total. The minimum atomic E-state index is -3.77. The van der Waals surface area contributed by atoms with Crippen LogP contribution in [0.25, 0.3) is 5.57 Å². The second-order valence-electron chi connectivity index (χ2n) is 6.05. The topological polar surface area (TPSA) is 83.5 Å². The maximum atomic E-state index is 13.1. The standard InChI is InChI=1S/C19H18FNO4S/c20-15-6-8-16(9-7-15)26(24,25)19-17(5-2-10-21-19)14-4-1-3-13(11-14)12-18(22)23/h1,3-9,11,19,21H,2,10,12H2,(H,22,23). The van der Waals surface area contributed by atoms with Gasteiger partial charge in [0.15, 0.2) is 9.84 Å². The molecule has 1 heterocycles. The van der Waals surface area contributed by atoms with Crippen LogP contribution >= 0.6 is 0 Å². The number of carboxylic acids is 1. The number of hydrogen-bond acceptors (Lipinski definition) is 4. The molecule has 1 unspecified atom stereocenters. The molecule has 1 atom stereocenters. The molecular weight excluding hydrogens is 357 g/mol. The van der Waals surface area contributed by atoms with Gasteiger partial charge in [-0.05, 0) is 47.4 Å². The Labute approximate surface area is 151 Å². The average Bonchev–Trinajstić information content (AvgIpc) is 2.62. The highest BCUT2D eigenvalue weighted by Crippen LogP contribution is 2.30. The van der Waals surface area contributed by atoms with Crippen LogP contribution in [0.3, 0.4) is 0 Å². The molecular formula is C19H18FNO4S. The minimum absolute atomic E-state index is 0.0332. The van der Waals surface area contributed by atoms with Crippen molar-refractivity contribution < 1.29 is 22.7 Å². The first-order valence-electron chi connectivity index (χ1n) is 8.12. The molecule has 0 saturated heterocycles. The van der Waals surface area contributed by atoms with Gasteiger partial charge in [-0.1, -0.05) is 30.3 Å². The Bertz CT molecular complexity index is 952. The lowest BCUT2D eigenvalue weighted by atomic mass is 9.99. The summed E-state index contributed by atoms with van der Waals surface area (Å²) >= 11 is 0. The zero-order valence-corrected chi connectivity index (χ0v) is 14.7. The molecule has 26 heavy (non-hydrogen) atoms. The van der Waals surface area contributed by atoms with Crippen molar-refractivity contribution >= 4 is 21.4 Å². The van der Waals surface area contributed by atoms with Gasteiger partial charge in [-0.25, -0.2) is 12.8 Å². The molecule has 136 valence electrons. The maximum absolute atomic E-state index is 13.1. The summed E-state index contributed by atoms with van der Waals surface area (Å²) in [6.45, 7) is 0.503. The van der Waals surface area contributed by atoms with Crippen molar-refractivity contribution in [2.75, 3.05) is 6.54 Å². The molecule has 1 aliphatic rings. The third-order valence-corrected chi connectivity index (χ3v) is 6.16. The highest BCUT2D eigenvalue weighted by Gasteiger charge is 2.32. The van der Waals surface area contributed by atoms with Crippen molar-refractivity contribution in [2.45, 2.75) is 23.1 Å². The average molecular weight is 375 g/mol. The van der Waals surface area contributed by atoms with E-state index in [2.05, 4.69) is 5.32 Å². The summed E-state index contributed by atoms with van der Waals surface area (Å²) in [7, 11) is -3.77. The van der Waals surface area contributed by atoms with Crippen molar-refractivity contribution in [3.8, 4) is 0 Å². The van der Waals surface area contributed by atoms with Crippen LogP contribution in [0.5, 0.6) is 0 Å². The van der Waals surface area contributed by atoms with E-state index in [0.29, 0.717) is 29.7 Å². The zero-order chi connectivity index (χ0) is 18.7. The van der Waals surface area contributed by atoms with Crippen LogP contribution in [-0.2, 0) is 21.1 Å². The molecule has 0 bridgehead atoms. The van der Waals surface area contributed by atoms with E-state index in [1.165, 1.54) is 12.1 Å². The molecule has 2 aromatic rings. The molecule has 1 aliphatic heterocycles. The lowest BCUT2D eigenvalue weighted by Gasteiger charge is -2.26. The smallest absolute Gasteiger partial charge is 0.307 e. The normalized spacial score (nSPS) is 17.6. The summed E-state index contributed by atoms with van der Waals surface area (Å²) in [5, 5.41) is 11.0. The summed E-state index contributed by atoms with van der Waals surface area (Å²) < 4.78 is 39.2. The van der Waals surface area contributed by atoms with E-state index in [-0.39, 0.29) is 11.3 Å². The fraction of sp³-hybridized carbons (Fsp3) is 0.211. The first-order chi connectivity index (χ1) is 12.4. The molecule has 5 nitrogen and oxygen atoms in total. The Morgan fingerprint density at radius 3 is 2.62 bits per heavy atom. The van der Waals surface area contributed by atoms with Crippen molar-refractivity contribution in [3.05, 3.63) is 71.6 Å². The van der Waals surface area contributed by atoms with E-state index in [1.54, 1.807) is 24.3 Å². The van der Waals surface area contributed by atoms with E-state index in [1.807, 2.05) is 6.08 Å². The molecule has 3 rings (SSSR count). The molecule has 0 aliphatic carbocycles. The summed E-state index contributed by atoms with van der Waals surface area (Å²) in [5.41, 5.74) is 1.83. The number of carboxylic acid groups (broad SMARTS) is 1. The van der Waals surface area contributed by atoms with E-state index in [0.717, 1.165) is 12.1 Å². The fourth-order valence-electron chi connectivity index (χ4n) is 3.00. The maximum Gasteiger partial charge on any atom is 0.307 e. The van der Waals surface area contributed by atoms with Crippen LogP contribution in [0.1, 0.15) is 17.5 Å². The highest BCUT2D eigenvalue weighted by atomic mass is 32.2. The highest BCUT2D eigenvalue weighted by molar-refractivity contribution is 7.92. The summed E-state index contributed by atoms with van der Waals surface area (Å²) in [6.07, 6.45) is 2.37. The predicted molar refractivity (Wildman–Crippen MR) is 95.8 cm³/mol. The molecule has 0 aromatic heterocycles. The number of rotatable bonds is 5. The van der Waals surface area contributed by atoms with Gasteiger partial charge in [0.2, 0.25) is 0 Å². The summed E-state index contributed by atoms with van der Waals surface area (Å²) in [6, 6.07) is 11.6. The number of carbonyl (C=O) groups is 1. The molecule has 0 radical (unpaired) electrons. The van der Waals surface area contributed by atoms with Gasteiger partial charge in [-0.15, -0.1) is 0 Å². The predicted octanol–water partition coefficient (Wildman–Crippen LogP) is 2.63. The van der Waals surface area contributed by atoms with Crippen molar-refractivity contribution in [1.82, 2.24) is 5.32 Å². The van der Waals surface area contributed by atoms with Gasteiger partial charge in [0, 0.05) is 6.54 Å². The van der Waals surface area contributed by atoms with Crippen molar-refractivity contribution in [3.63, 3.8) is 0 Å². The van der Waals surface area contributed by atoms with Crippen LogP contribution < -0.4 is 5.32 Å². The number of sulfone groups is 1. The quantitative estimate of drug-likeness (QED) is 0.785. The number of halogens is 1. The van der Waals surface area contributed by atoms with Crippen LogP contribution in [0.15, 0.2) is 59.5 Å². The minimum Gasteiger partial charge on any atom is -0.481 e. The molecule has 0 fully saturated rings. The zero-order valence-electron chi connectivity index (χ0n) is 13.9. The van der Waals surface area contributed by atoms with Gasteiger partial charge in [0.05, 0.1) is 11.3 Å². The number of benzene rings is 2. The number of aliphatic carboxylic acids is 1. The first-order valence-corrected chi connectivity index (χ1v) is 9.66. The second kappa shape index (κ2) is 7.39. The Balaban J connectivity index is 2.00. The molecule has 0 saturated carbocycles. The molecule has 0 amide bonds. The Hall–Kier alpha value is -2.51. The first kappa shape index (κ1) is 18.3. The molecule has 7 heteroatoms. The lowest BCUT2D eigenvalue weighted by molar-refractivity contribution is -0.136. The van der Waals surface area contributed by atoms with E-state index in [4.69, 9.17) is 5.11 Å². The molecule has 0 spiro atoms. The number of hydrogen-bond donors (Lipinski definition) is 2. The van der Waals surface area contributed by atoms with E-state index < -0.39 is 27.0 Å². The van der Waals surface area contributed by atoms with Gasteiger partial charge in [-0.3, -0.25) is 10.1 Å². The third-order valence-electron chi connectivity index (χ3n) is 4.19. The van der Waals surface area contributed by atoms with Crippen LogP contribution in [-0.4, -0.2) is 31.4 Å². The van der Waals surface area contributed by atoms with Crippen LogP contribution in [0.4, 0.5) is 4.39 Å². The van der Waals surface area contributed by atoms with Gasteiger partial charge in [0.1, 0.15) is 11.2 Å². The van der Waals surface area contributed by atoms with Crippen molar-refractivity contribution in [1.29, 1.82) is 0 Å². The SMILES string of the molecule is O=C(O)Cc1cccc(C2=CCCNC2S(=O)(=O)c2ccc(F)cc2)c1. The lowest BCUT2D eigenvalue weighted by Crippen LogP contribution is -2.40. The van der Waals surface area contributed by atoms with E-state index in [9.17, 15) is 17.6 Å². The summed E-state index contributed by atoms with van der Waals surface area (Å²) in [5.74, 6) is -1.45. The van der Waals surface area contributed by atoms with Gasteiger partial charge < -0.3 is 5.11 Å². The van der Waals surface area contributed by atoms with Gasteiger partial charge in [0.25, 0.3) is 0 Å². The second-order valence-corrected chi connectivity index (χ2v) is 8.08. The van der Waals surface area contributed by atoms with Gasteiger partial charge in [-0.2, -0.15) is 0 Å². The Kier molecular flexibility index (Phi) is 5.20.